The third-order valence-electron chi connectivity index (χ3n) is 5.18. The Kier molecular flexibility index (Phi) is 6.10. The number of alkyl halides is 3. The predicted octanol–water partition coefficient (Wildman–Crippen LogP) is 6.27. The van der Waals surface area contributed by atoms with E-state index in [-0.39, 0.29) is 11.6 Å². The number of anilines is 3. The summed E-state index contributed by atoms with van der Waals surface area (Å²) in [6, 6.07) is 17.5. The summed E-state index contributed by atoms with van der Waals surface area (Å²) in [4.78, 5) is 11.5. The Morgan fingerprint density at radius 3 is 2.53 bits per heavy atom. The smallest absolute Gasteiger partial charge is 0.416 e. The fourth-order valence-corrected chi connectivity index (χ4v) is 3.97. The summed E-state index contributed by atoms with van der Waals surface area (Å²) in [5, 5.41) is 13.2. The van der Waals surface area contributed by atoms with Crippen LogP contribution in [0.5, 0.6) is 11.6 Å². The van der Waals surface area contributed by atoms with Crippen LogP contribution in [-0.4, -0.2) is 31.4 Å². The van der Waals surface area contributed by atoms with E-state index in [2.05, 4.69) is 30.5 Å². The van der Waals surface area contributed by atoms with E-state index in [4.69, 9.17) is 10.5 Å². The molecule has 2 aromatic heterocycles. The van der Waals surface area contributed by atoms with Gasteiger partial charge in [-0.1, -0.05) is 42.1 Å². The third kappa shape index (κ3) is 4.89. The minimum atomic E-state index is -4.44. The number of fused-ring (bicyclic) bond motifs is 1. The van der Waals surface area contributed by atoms with Crippen LogP contribution in [0.25, 0.3) is 22.2 Å². The van der Waals surface area contributed by atoms with Gasteiger partial charge in [0, 0.05) is 22.7 Å². The summed E-state index contributed by atoms with van der Waals surface area (Å²) in [6.07, 6.45) is -2.60. The molecule has 3 aromatic carbocycles. The van der Waals surface area contributed by atoms with Crippen molar-refractivity contribution in [2.45, 2.75) is 11.3 Å². The molecular weight excluding hydrogens is 491 g/mol. The SMILES string of the molecule is CSc1nc(N)cc(Oc2ccc(-c3nnc(Nc4cccc(C(F)(F)F)c4)[nH]3)c3ccccc23)n1. The van der Waals surface area contributed by atoms with E-state index in [0.29, 0.717) is 28.4 Å². The van der Waals surface area contributed by atoms with Gasteiger partial charge in [0.2, 0.25) is 11.8 Å². The van der Waals surface area contributed by atoms with E-state index in [1.165, 1.54) is 23.9 Å². The van der Waals surface area contributed by atoms with Crippen molar-refractivity contribution in [3.63, 3.8) is 0 Å². The van der Waals surface area contributed by atoms with Gasteiger partial charge in [-0.25, -0.2) is 4.98 Å². The molecule has 12 heteroatoms. The Balaban J connectivity index is 1.46. The number of halogens is 3. The number of thioether (sulfide) groups is 1. The molecule has 0 saturated carbocycles. The molecule has 182 valence electrons. The molecule has 5 rings (SSSR count). The number of hydrogen-bond acceptors (Lipinski definition) is 8. The third-order valence-corrected chi connectivity index (χ3v) is 5.73. The highest BCUT2D eigenvalue weighted by atomic mass is 32.2. The first-order valence-corrected chi connectivity index (χ1v) is 11.8. The quantitative estimate of drug-likeness (QED) is 0.181. The Hall–Kier alpha value is -4.32. The lowest BCUT2D eigenvalue weighted by molar-refractivity contribution is -0.137. The maximum atomic E-state index is 13.0. The molecule has 0 atom stereocenters. The lowest BCUT2D eigenvalue weighted by Gasteiger charge is -2.11. The highest BCUT2D eigenvalue weighted by molar-refractivity contribution is 7.98. The van der Waals surface area contributed by atoms with E-state index >= 15 is 0 Å². The number of aromatic nitrogens is 5. The molecule has 0 bridgehead atoms. The Morgan fingerprint density at radius 2 is 1.75 bits per heavy atom. The molecule has 0 radical (unpaired) electrons. The van der Waals surface area contributed by atoms with Crippen LogP contribution in [0.3, 0.4) is 0 Å². The molecule has 0 aliphatic heterocycles. The fraction of sp³-hybridized carbons (Fsp3) is 0.0833. The number of nitrogens with one attached hydrogen (secondary N) is 2. The number of nitrogens with zero attached hydrogens (tertiary/aromatic N) is 4. The average Bonchev–Trinajstić information content (AvgIpc) is 3.31. The van der Waals surface area contributed by atoms with Gasteiger partial charge in [0.1, 0.15) is 11.6 Å². The van der Waals surface area contributed by atoms with Gasteiger partial charge in [-0.05, 0) is 42.0 Å². The molecule has 0 spiro atoms. The second kappa shape index (κ2) is 9.38. The van der Waals surface area contributed by atoms with Crippen molar-refractivity contribution in [3.8, 4) is 23.0 Å². The molecular formula is C24H18F3N7OS. The molecule has 8 nitrogen and oxygen atoms in total. The number of ether oxygens (including phenoxy) is 1. The number of H-pyrrole nitrogens is 1. The van der Waals surface area contributed by atoms with Crippen LogP contribution in [0.4, 0.5) is 30.6 Å². The zero-order valence-corrected chi connectivity index (χ0v) is 19.5. The minimum Gasteiger partial charge on any atom is -0.438 e. The van der Waals surface area contributed by atoms with Crippen molar-refractivity contribution in [3.05, 3.63) is 72.3 Å². The van der Waals surface area contributed by atoms with Crippen molar-refractivity contribution >= 4 is 40.0 Å². The molecule has 0 amide bonds. The van der Waals surface area contributed by atoms with E-state index in [1.54, 1.807) is 12.1 Å². The van der Waals surface area contributed by atoms with E-state index in [1.807, 2.05) is 36.6 Å². The molecule has 0 saturated heterocycles. The number of nitrogens with two attached hydrogens (primary N) is 1. The maximum absolute atomic E-state index is 13.0. The van der Waals surface area contributed by atoms with Crippen molar-refractivity contribution in [1.29, 1.82) is 0 Å². The summed E-state index contributed by atoms with van der Waals surface area (Å²) in [5.74, 6) is 1.81. The van der Waals surface area contributed by atoms with Gasteiger partial charge >= 0.3 is 6.18 Å². The van der Waals surface area contributed by atoms with Crippen molar-refractivity contribution in [2.24, 2.45) is 0 Å². The zero-order chi connectivity index (χ0) is 25.3. The van der Waals surface area contributed by atoms with Gasteiger partial charge in [0.15, 0.2) is 11.0 Å². The first-order chi connectivity index (χ1) is 17.3. The monoisotopic (exact) mass is 509 g/mol. The number of aromatic amines is 1. The Morgan fingerprint density at radius 1 is 0.944 bits per heavy atom. The van der Waals surface area contributed by atoms with E-state index < -0.39 is 11.7 Å². The minimum absolute atomic E-state index is 0.204. The lowest BCUT2D eigenvalue weighted by Crippen LogP contribution is -2.05. The molecule has 0 aliphatic rings. The number of rotatable bonds is 6. The van der Waals surface area contributed by atoms with E-state index in [0.717, 1.165) is 28.5 Å². The number of hydrogen-bond donors (Lipinski definition) is 3. The predicted molar refractivity (Wildman–Crippen MR) is 132 cm³/mol. The second-order valence-corrected chi connectivity index (χ2v) is 8.38. The van der Waals surface area contributed by atoms with Crippen LogP contribution in [0.1, 0.15) is 5.56 Å². The van der Waals surface area contributed by atoms with Gasteiger partial charge in [0.05, 0.1) is 5.56 Å². The van der Waals surface area contributed by atoms with Gasteiger partial charge < -0.3 is 20.8 Å². The van der Waals surface area contributed by atoms with Crippen molar-refractivity contribution in [1.82, 2.24) is 25.1 Å². The topological polar surface area (TPSA) is 115 Å². The largest absolute Gasteiger partial charge is 0.438 e. The maximum Gasteiger partial charge on any atom is 0.416 e. The summed E-state index contributed by atoms with van der Waals surface area (Å²) in [7, 11) is 0. The fourth-order valence-electron chi connectivity index (χ4n) is 3.59. The summed E-state index contributed by atoms with van der Waals surface area (Å²) in [5.41, 5.74) is 6.07. The first-order valence-electron chi connectivity index (χ1n) is 10.6. The average molecular weight is 510 g/mol. The molecule has 36 heavy (non-hydrogen) atoms. The Labute approximate surface area is 207 Å². The lowest BCUT2D eigenvalue weighted by atomic mass is 10.0. The van der Waals surface area contributed by atoms with Gasteiger partial charge in [-0.2, -0.15) is 18.2 Å². The van der Waals surface area contributed by atoms with Gasteiger partial charge in [-0.3, -0.25) is 0 Å². The summed E-state index contributed by atoms with van der Waals surface area (Å²) >= 11 is 1.35. The van der Waals surface area contributed by atoms with Gasteiger partial charge in [0.25, 0.3) is 0 Å². The van der Waals surface area contributed by atoms with Crippen LogP contribution < -0.4 is 15.8 Å². The highest BCUT2D eigenvalue weighted by Gasteiger charge is 2.30. The number of benzene rings is 3. The standard InChI is InChI=1S/C24H18F3N7OS/c1-36-23-30-19(28)12-20(31-23)35-18-10-9-17(15-7-2-3-8-16(15)18)21-32-22(34-33-21)29-14-6-4-5-13(11-14)24(25,26)27/h2-12H,1H3,(H2,28,30,31)(H2,29,32,33,34). The van der Waals surface area contributed by atoms with Gasteiger partial charge in [-0.15, -0.1) is 10.2 Å². The zero-order valence-electron chi connectivity index (χ0n) is 18.7. The number of nitrogen functional groups attached to an aromatic ring is 1. The van der Waals surface area contributed by atoms with Crippen molar-refractivity contribution < 1.29 is 17.9 Å². The summed E-state index contributed by atoms with van der Waals surface area (Å²) in [6.45, 7) is 0. The van der Waals surface area contributed by atoms with Crippen LogP contribution >= 0.6 is 11.8 Å². The Bertz CT molecular complexity index is 1550. The van der Waals surface area contributed by atoms with E-state index in [9.17, 15) is 13.2 Å². The van der Waals surface area contributed by atoms with Crippen LogP contribution in [0, 0.1) is 0 Å². The highest BCUT2D eigenvalue weighted by Crippen LogP contribution is 2.36. The van der Waals surface area contributed by atoms with Crippen LogP contribution in [0.15, 0.2) is 71.9 Å². The molecule has 0 unspecified atom stereocenters. The van der Waals surface area contributed by atoms with Crippen molar-refractivity contribution in [2.75, 3.05) is 17.3 Å². The molecule has 4 N–H and O–H groups in total. The van der Waals surface area contributed by atoms with Crippen LogP contribution in [0.2, 0.25) is 0 Å². The molecule has 0 fully saturated rings. The second-order valence-electron chi connectivity index (χ2n) is 7.60. The van der Waals surface area contributed by atoms with Crippen LogP contribution in [-0.2, 0) is 6.18 Å². The molecule has 5 aromatic rings. The molecule has 2 heterocycles. The summed E-state index contributed by atoms with van der Waals surface area (Å²) < 4.78 is 45.1. The molecule has 0 aliphatic carbocycles. The first kappa shape index (κ1) is 23.4. The normalized spacial score (nSPS) is 11.6.